The van der Waals surface area contributed by atoms with Crippen LogP contribution in [0.5, 0.6) is 0 Å². The number of hydrogen-bond donors (Lipinski definition) is 1. The average molecular weight is 494 g/mol. The third kappa shape index (κ3) is 3.86. The van der Waals surface area contributed by atoms with Crippen molar-refractivity contribution in [2.45, 2.75) is 44.4 Å². The Morgan fingerprint density at radius 2 is 1.97 bits per heavy atom. The number of thioether (sulfide) groups is 1. The van der Waals surface area contributed by atoms with Crippen molar-refractivity contribution in [2.75, 3.05) is 11.1 Å². The minimum Gasteiger partial charge on any atom is -0.319 e. The minimum atomic E-state index is -0.463. The van der Waals surface area contributed by atoms with Gasteiger partial charge in [0.05, 0.1) is 11.3 Å². The number of carbonyl (C=O) groups is 1. The zero-order chi connectivity index (χ0) is 23.1. The molecule has 0 bridgehead atoms. The minimum absolute atomic E-state index is 0.164. The molecule has 3 aromatic heterocycles. The number of fused-ring (bicyclic) bond motifs is 2. The van der Waals surface area contributed by atoms with Crippen molar-refractivity contribution >= 4 is 34.7 Å². The summed E-state index contributed by atoms with van der Waals surface area (Å²) in [7, 11) is 0. The van der Waals surface area contributed by atoms with Gasteiger partial charge in [-0.2, -0.15) is 11.8 Å². The molecule has 0 saturated heterocycles. The highest BCUT2D eigenvalue weighted by atomic mass is 32.2. The van der Waals surface area contributed by atoms with Gasteiger partial charge in [0.2, 0.25) is 0 Å². The Labute approximate surface area is 205 Å². The number of amides is 1. The number of aryl methyl sites for hydroxylation is 1. The van der Waals surface area contributed by atoms with Crippen molar-refractivity contribution in [1.82, 2.24) is 19.3 Å². The molecule has 1 N–H and O–H groups in total. The van der Waals surface area contributed by atoms with Crippen LogP contribution in [0.4, 0.5) is 10.1 Å². The molecule has 0 fully saturated rings. The fourth-order valence-electron chi connectivity index (χ4n) is 4.75. The second-order valence-electron chi connectivity index (χ2n) is 8.63. The first-order chi connectivity index (χ1) is 16.7. The molecular formula is C25H24FN5OS2. The molecule has 9 heteroatoms. The highest BCUT2D eigenvalue weighted by Crippen LogP contribution is 2.39. The van der Waals surface area contributed by atoms with E-state index in [1.165, 1.54) is 17.4 Å². The van der Waals surface area contributed by atoms with Crippen molar-refractivity contribution in [3.05, 3.63) is 70.4 Å². The summed E-state index contributed by atoms with van der Waals surface area (Å²) in [6.45, 7) is 0.857. The van der Waals surface area contributed by atoms with Crippen LogP contribution in [0.3, 0.4) is 0 Å². The zero-order valence-corrected chi connectivity index (χ0v) is 20.2. The molecular weight excluding hydrogens is 469 g/mol. The van der Waals surface area contributed by atoms with Crippen LogP contribution in [-0.4, -0.2) is 31.0 Å². The third-order valence-electron chi connectivity index (χ3n) is 6.45. The quantitative estimate of drug-likeness (QED) is 0.396. The lowest BCUT2D eigenvalue weighted by molar-refractivity contribution is 0.102. The Kier molecular flexibility index (Phi) is 5.74. The Morgan fingerprint density at radius 3 is 2.85 bits per heavy atom. The van der Waals surface area contributed by atoms with Gasteiger partial charge in [0.15, 0.2) is 5.82 Å². The van der Waals surface area contributed by atoms with Crippen molar-refractivity contribution in [2.24, 2.45) is 0 Å². The van der Waals surface area contributed by atoms with Crippen LogP contribution in [0, 0.1) is 5.82 Å². The molecule has 34 heavy (non-hydrogen) atoms. The molecule has 2 aliphatic heterocycles. The molecule has 0 radical (unpaired) electrons. The molecule has 0 saturated carbocycles. The first-order valence-corrected chi connectivity index (χ1v) is 13.5. The van der Waals surface area contributed by atoms with Gasteiger partial charge in [-0.15, -0.1) is 21.5 Å². The number of hydrogen-bond acceptors (Lipinski definition) is 5. The summed E-state index contributed by atoms with van der Waals surface area (Å²) in [4.78, 5) is 14.8. The van der Waals surface area contributed by atoms with Gasteiger partial charge in [0.1, 0.15) is 16.6 Å². The Hall–Kier alpha value is -2.91. The SMILES string of the molecule is O=C(Nc1cc(-c2nnc3n2CCCCC3)ccc1F)c1c(-n2cccc2)sc2c1CCSC2. The average Bonchev–Trinajstić information content (AvgIpc) is 3.56. The van der Waals surface area contributed by atoms with E-state index in [0.29, 0.717) is 5.56 Å². The third-order valence-corrected chi connectivity index (χ3v) is 8.86. The predicted molar refractivity (Wildman–Crippen MR) is 134 cm³/mol. The molecule has 0 atom stereocenters. The van der Waals surface area contributed by atoms with Gasteiger partial charge in [-0.05, 0) is 60.9 Å². The van der Waals surface area contributed by atoms with Crippen LogP contribution in [-0.2, 0) is 25.1 Å². The molecule has 6 rings (SSSR count). The van der Waals surface area contributed by atoms with E-state index in [-0.39, 0.29) is 11.6 Å². The van der Waals surface area contributed by atoms with Crippen LogP contribution >= 0.6 is 23.1 Å². The van der Waals surface area contributed by atoms with Crippen LogP contribution in [0.2, 0.25) is 0 Å². The van der Waals surface area contributed by atoms with E-state index in [1.807, 2.05) is 40.9 Å². The van der Waals surface area contributed by atoms with Gasteiger partial charge >= 0.3 is 0 Å². The standard InChI is InChI=1S/C25H24FN5OS2/c26-18-8-7-16(23-29-28-21-6-2-1-3-12-31(21)23)14-19(18)27-24(32)22-17-9-13-33-15-20(17)34-25(22)30-10-4-5-11-30/h4-5,7-8,10-11,14H,1-3,6,9,12-13,15H2,(H,27,32). The number of benzene rings is 1. The van der Waals surface area contributed by atoms with E-state index in [4.69, 9.17) is 0 Å². The van der Waals surface area contributed by atoms with E-state index in [0.717, 1.165) is 71.5 Å². The molecule has 4 aromatic rings. The number of carbonyl (C=O) groups excluding carboxylic acids is 1. The van der Waals surface area contributed by atoms with E-state index < -0.39 is 5.82 Å². The number of nitrogens with zero attached hydrogens (tertiary/aromatic N) is 4. The lowest BCUT2D eigenvalue weighted by Gasteiger charge is -2.14. The monoisotopic (exact) mass is 493 g/mol. The van der Waals surface area contributed by atoms with Gasteiger partial charge in [-0.25, -0.2) is 4.39 Å². The second-order valence-corrected chi connectivity index (χ2v) is 10.8. The summed E-state index contributed by atoms with van der Waals surface area (Å²) < 4.78 is 19.0. The van der Waals surface area contributed by atoms with Crippen molar-refractivity contribution in [1.29, 1.82) is 0 Å². The molecule has 1 aromatic carbocycles. The normalized spacial score (nSPS) is 15.4. The topological polar surface area (TPSA) is 64.7 Å². The van der Waals surface area contributed by atoms with Gasteiger partial charge in [-0.3, -0.25) is 4.79 Å². The smallest absolute Gasteiger partial charge is 0.259 e. The fourth-order valence-corrected chi connectivity index (χ4v) is 7.19. The predicted octanol–water partition coefficient (Wildman–Crippen LogP) is 5.70. The van der Waals surface area contributed by atoms with Crippen molar-refractivity contribution in [3.8, 4) is 16.4 Å². The summed E-state index contributed by atoms with van der Waals surface area (Å²) in [6.07, 6.45) is 8.98. The van der Waals surface area contributed by atoms with Crippen LogP contribution in [0.1, 0.15) is 45.9 Å². The van der Waals surface area contributed by atoms with Crippen molar-refractivity contribution in [3.63, 3.8) is 0 Å². The van der Waals surface area contributed by atoms with E-state index in [1.54, 1.807) is 23.5 Å². The van der Waals surface area contributed by atoms with Crippen LogP contribution in [0.15, 0.2) is 42.7 Å². The molecule has 0 unspecified atom stereocenters. The maximum atomic E-state index is 14.9. The highest BCUT2D eigenvalue weighted by Gasteiger charge is 2.27. The Bertz CT molecular complexity index is 1360. The summed E-state index contributed by atoms with van der Waals surface area (Å²) >= 11 is 3.53. The summed E-state index contributed by atoms with van der Waals surface area (Å²) in [5.74, 6) is 2.85. The van der Waals surface area contributed by atoms with Crippen LogP contribution in [0.25, 0.3) is 16.4 Å². The largest absolute Gasteiger partial charge is 0.319 e. The van der Waals surface area contributed by atoms with Gasteiger partial charge in [0.25, 0.3) is 5.91 Å². The number of thiophene rings is 1. The number of nitrogens with one attached hydrogen (secondary N) is 1. The van der Waals surface area contributed by atoms with Gasteiger partial charge in [-0.1, -0.05) is 6.42 Å². The maximum Gasteiger partial charge on any atom is 0.259 e. The highest BCUT2D eigenvalue weighted by molar-refractivity contribution is 7.98. The van der Waals surface area contributed by atoms with E-state index >= 15 is 0 Å². The number of rotatable bonds is 4. The van der Waals surface area contributed by atoms with Crippen LogP contribution < -0.4 is 5.32 Å². The first-order valence-electron chi connectivity index (χ1n) is 11.6. The Balaban J connectivity index is 1.36. The van der Waals surface area contributed by atoms with Gasteiger partial charge in [0, 0.05) is 41.6 Å². The summed E-state index contributed by atoms with van der Waals surface area (Å²) in [6, 6.07) is 8.68. The second kappa shape index (κ2) is 9.03. The summed E-state index contributed by atoms with van der Waals surface area (Å²) in [5, 5.41) is 12.5. The van der Waals surface area contributed by atoms with Gasteiger partial charge < -0.3 is 14.5 Å². The molecule has 2 aliphatic rings. The van der Waals surface area contributed by atoms with E-state index in [9.17, 15) is 9.18 Å². The number of aromatic nitrogens is 4. The number of anilines is 1. The Morgan fingerprint density at radius 1 is 1.09 bits per heavy atom. The lowest BCUT2D eigenvalue weighted by atomic mass is 10.1. The molecule has 0 spiro atoms. The molecule has 174 valence electrons. The molecule has 6 nitrogen and oxygen atoms in total. The summed E-state index contributed by atoms with van der Waals surface area (Å²) in [5.41, 5.74) is 2.66. The maximum absolute atomic E-state index is 14.9. The fraction of sp³-hybridized carbons (Fsp3) is 0.320. The first kappa shape index (κ1) is 21.6. The molecule has 0 aliphatic carbocycles. The molecule has 1 amide bonds. The molecule has 5 heterocycles. The number of halogens is 1. The van der Waals surface area contributed by atoms with Crippen molar-refractivity contribution < 1.29 is 9.18 Å². The van der Waals surface area contributed by atoms with E-state index in [2.05, 4.69) is 20.1 Å². The lowest BCUT2D eigenvalue weighted by Crippen LogP contribution is -2.17. The zero-order valence-electron chi connectivity index (χ0n) is 18.6.